The summed E-state index contributed by atoms with van der Waals surface area (Å²) in [6, 6.07) is 10.1. The zero-order valence-electron chi connectivity index (χ0n) is 19.6. The molecule has 2 aromatic rings. The molecule has 0 spiro atoms. The molecule has 2 aliphatic carbocycles. The van der Waals surface area contributed by atoms with Gasteiger partial charge in [0, 0.05) is 11.8 Å². The predicted octanol–water partition coefficient (Wildman–Crippen LogP) is 9.04. The van der Waals surface area contributed by atoms with Gasteiger partial charge in [-0.1, -0.05) is 64.5 Å². The smallest absolute Gasteiger partial charge is 0.132 e. The highest BCUT2D eigenvalue weighted by Gasteiger charge is 2.23. The first kappa shape index (κ1) is 22.5. The number of rotatable bonds is 7. The van der Waals surface area contributed by atoms with E-state index in [1.165, 1.54) is 88.2 Å². The Bertz CT molecular complexity index is 811. The van der Waals surface area contributed by atoms with Gasteiger partial charge in [-0.3, -0.25) is 4.98 Å². The molecule has 0 N–H and O–H groups in total. The Hall–Kier alpha value is -1.70. The number of unbranched alkanes of at least 4 members (excludes halogenated alkanes) is 2. The molecule has 2 heteroatoms. The second-order valence-corrected chi connectivity index (χ2v) is 10.4. The Balaban J connectivity index is 1.37. The number of hydrogen-bond acceptors (Lipinski definition) is 1. The van der Waals surface area contributed by atoms with Gasteiger partial charge in [0.15, 0.2) is 0 Å². The van der Waals surface area contributed by atoms with E-state index in [0.29, 0.717) is 17.4 Å². The molecule has 1 heterocycles. The maximum absolute atomic E-state index is 15.0. The highest BCUT2D eigenvalue weighted by molar-refractivity contribution is 5.60. The summed E-state index contributed by atoms with van der Waals surface area (Å²) in [7, 11) is 0. The fourth-order valence-electron chi connectivity index (χ4n) is 5.86. The van der Waals surface area contributed by atoms with E-state index in [2.05, 4.69) is 31.0 Å². The van der Waals surface area contributed by atoms with Gasteiger partial charge in [0.05, 0.1) is 5.69 Å². The Morgan fingerprint density at radius 3 is 2.16 bits per heavy atom. The molecule has 0 saturated heterocycles. The SMILES string of the molecule is CCCCC[C@H]1CC[C@H](c2ccc(-c3ccc([C@H]4CC[C@H](C)CC4)cn3)c(F)c2)CC1. The van der Waals surface area contributed by atoms with E-state index < -0.39 is 0 Å². The second kappa shape index (κ2) is 10.7. The minimum absolute atomic E-state index is 0.116. The number of hydrogen-bond donors (Lipinski definition) is 0. The standard InChI is InChI=1S/C29H40FN/c1-3-4-5-6-22-9-13-23(14-10-22)25-15-17-27(28(30)19-25)29-18-16-26(20-31-29)24-11-7-21(2)8-12-24/h15-24H,3-14H2,1-2H3/t21-,22-,23-,24-. The van der Waals surface area contributed by atoms with Crippen LogP contribution in [0.5, 0.6) is 0 Å². The van der Waals surface area contributed by atoms with Gasteiger partial charge in [-0.05, 0) is 91.5 Å². The quantitative estimate of drug-likeness (QED) is 0.406. The highest BCUT2D eigenvalue weighted by Crippen LogP contribution is 2.39. The lowest BCUT2D eigenvalue weighted by Gasteiger charge is -2.29. The van der Waals surface area contributed by atoms with E-state index in [0.717, 1.165) is 17.5 Å². The van der Waals surface area contributed by atoms with E-state index in [1.807, 2.05) is 18.3 Å². The van der Waals surface area contributed by atoms with Gasteiger partial charge in [0.25, 0.3) is 0 Å². The van der Waals surface area contributed by atoms with Crippen LogP contribution in [0.4, 0.5) is 4.39 Å². The van der Waals surface area contributed by atoms with E-state index in [1.54, 1.807) is 6.07 Å². The molecule has 2 saturated carbocycles. The molecule has 4 rings (SSSR count). The summed E-state index contributed by atoms with van der Waals surface area (Å²) in [5.74, 6) is 2.78. The first-order chi connectivity index (χ1) is 15.1. The van der Waals surface area contributed by atoms with E-state index in [4.69, 9.17) is 0 Å². The number of benzene rings is 1. The number of pyridine rings is 1. The molecule has 2 aliphatic rings. The van der Waals surface area contributed by atoms with Gasteiger partial charge in [0.1, 0.15) is 5.82 Å². The molecular weight excluding hydrogens is 381 g/mol. The maximum Gasteiger partial charge on any atom is 0.132 e. The van der Waals surface area contributed by atoms with Crippen LogP contribution in [0, 0.1) is 17.7 Å². The maximum atomic E-state index is 15.0. The summed E-state index contributed by atoms with van der Waals surface area (Å²) in [4.78, 5) is 4.65. The monoisotopic (exact) mass is 421 g/mol. The van der Waals surface area contributed by atoms with Crippen molar-refractivity contribution >= 4 is 0 Å². The van der Waals surface area contributed by atoms with Crippen LogP contribution in [-0.4, -0.2) is 4.98 Å². The van der Waals surface area contributed by atoms with Crippen molar-refractivity contribution in [1.29, 1.82) is 0 Å². The minimum Gasteiger partial charge on any atom is -0.256 e. The van der Waals surface area contributed by atoms with E-state index in [9.17, 15) is 0 Å². The number of nitrogens with zero attached hydrogens (tertiary/aromatic N) is 1. The van der Waals surface area contributed by atoms with Crippen LogP contribution < -0.4 is 0 Å². The molecule has 1 nitrogen and oxygen atoms in total. The topological polar surface area (TPSA) is 12.9 Å². The third-order valence-corrected chi connectivity index (χ3v) is 8.08. The molecule has 0 amide bonds. The lowest BCUT2D eigenvalue weighted by atomic mass is 9.77. The first-order valence-electron chi connectivity index (χ1n) is 12.9. The molecule has 1 aromatic heterocycles. The van der Waals surface area contributed by atoms with Crippen LogP contribution in [0.25, 0.3) is 11.3 Å². The van der Waals surface area contributed by atoms with Crippen molar-refractivity contribution in [2.24, 2.45) is 11.8 Å². The Morgan fingerprint density at radius 1 is 0.839 bits per heavy atom. The lowest BCUT2D eigenvalue weighted by molar-refractivity contribution is 0.302. The molecule has 0 bridgehead atoms. The molecule has 0 radical (unpaired) electrons. The van der Waals surface area contributed by atoms with Crippen LogP contribution >= 0.6 is 0 Å². The molecule has 0 unspecified atom stereocenters. The summed E-state index contributed by atoms with van der Waals surface area (Å²) >= 11 is 0. The van der Waals surface area contributed by atoms with Gasteiger partial charge < -0.3 is 0 Å². The number of halogens is 1. The average Bonchev–Trinajstić information content (AvgIpc) is 2.80. The molecule has 0 atom stereocenters. The molecule has 31 heavy (non-hydrogen) atoms. The van der Waals surface area contributed by atoms with Crippen molar-refractivity contribution in [3.63, 3.8) is 0 Å². The van der Waals surface area contributed by atoms with E-state index in [-0.39, 0.29) is 5.82 Å². The van der Waals surface area contributed by atoms with Crippen molar-refractivity contribution < 1.29 is 4.39 Å². The molecular formula is C29H40FN. The highest BCUT2D eigenvalue weighted by atomic mass is 19.1. The summed E-state index contributed by atoms with van der Waals surface area (Å²) in [5, 5.41) is 0. The normalized spacial score (nSPS) is 26.7. The van der Waals surface area contributed by atoms with Crippen molar-refractivity contribution in [3.8, 4) is 11.3 Å². The Kier molecular flexibility index (Phi) is 7.80. The third kappa shape index (κ3) is 5.76. The van der Waals surface area contributed by atoms with Crippen molar-refractivity contribution in [3.05, 3.63) is 53.5 Å². The fraction of sp³-hybridized carbons (Fsp3) is 0.621. The zero-order valence-corrected chi connectivity index (χ0v) is 19.6. The average molecular weight is 422 g/mol. The van der Waals surface area contributed by atoms with Crippen LogP contribution in [0.15, 0.2) is 36.5 Å². The Morgan fingerprint density at radius 2 is 1.52 bits per heavy atom. The van der Waals surface area contributed by atoms with Crippen molar-refractivity contribution in [2.45, 2.75) is 103 Å². The van der Waals surface area contributed by atoms with Crippen LogP contribution in [-0.2, 0) is 0 Å². The van der Waals surface area contributed by atoms with Crippen LogP contribution in [0.3, 0.4) is 0 Å². The molecule has 1 aromatic carbocycles. The van der Waals surface area contributed by atoms with Crippen LogP contribution in [0.1, 0.15) is 114 Å². The lowest BCUT2D eigenvalue weighted by Crippen LogP contribution is -2.13. The fourth-order valence-corrected chi connectivity index (χ4v) is 5.86. The third-order valence-electron chi connectivity index (χ3n) is 8.08. The summed E-state index contributed by atoms with van der Waals surface area (Å²) in [6.07, 6.45) is 17.6. The predicted molar refractivity (Wildman–Crippen MR) is 129 cm³/mol. The van der Waals surface area contributed by atoms with Gasteiger partial charge in [-0.2, -0.15) is 0 Å². The summed E-state index contributed by atoms with van der Waals surface area (Å²) < 4.78 is 15.0. The molecule has 0 aliphatic heterocycles. The molecule has 2 fully saturated rings. The summed E-state index contributed by atoms with van der Waals surface area (Å²) in [5.41, 5.74) is 3.90. The second-order valence-electron chi connectivity index (χ2n) is 10.4. The van der Waals surface area contributed by atoms with Gasteiger partial charge in [-0.25, -0.2) is 4.39 Å². The largest absolute Gasteiger partial charge is 0.256 e. The van der Waals surface area contributed by atoms with E-state index >= 15 is 4.39 Å². The zero-order chi connectivity index (χ0) is 21.6. The van der Waals surface area contributed by atoms with Gasteiger partial charge in [0.2, 0.25) is 0 Å². The Labute approximate surface area is 188 Å². The van der Waals surface area contributed by atoms with Crippen molar-refractivity contribution in [1.82, 2.24) is 4.98 Å². The van der Waals surface area contributed by atoms with Gasteiger partial charge >= 0.3 is 0 Å². The molecule has 168 valence electrons. The summed E-state index contributed by atoms with van der Waals surface area (Å²) in [6.45, 7) is 4.62. The first-order valence-corrected chi connectivity index (χ1v) is 12.9. The van der Waals surface area contributed by atoms with Crippen molar-refractivity contribution in [2.75, 3.05) is 0 Å². The minimum atomic E-state index is -0.116. The number of aromatic nitrogens is 1. The van der Waals surface area contributed by atoms with Gasteiger partial charge in [-0.15, -0.1) is 0 Å². The van der Waals surface area contributed by atoms with Crippen LogP contribution in [0.2, 0.25) is 0 Å².